The van der Waals surface area contributed by atoms with Gasteiger partial charge in [0, 0.05) is 25.7 Å². The summed E-state index contributed by atoms with van der Waals surface area (Å²) in [6.45, 7) is 2.38. The number of nitrogens with one attached hydrogen (secondary N) is 2. The third-order valence-electron chi connectivity index (χ3n) is 1.31. The van der Waals surface area contributed by atoms with Crippen molar-refractivity contribution in [3.05, 3.63) is 0 Å². The molecule has 1 fully saturated rings. The van der Waals surface area contributed by atoms with Gasteiger partial charge in [0.25, 0.3) is 0 Å². The Morgan fingerprint density at radius 3 is 2.75 bits per heavy atom. The SMILES string of the molecule is FC[C@@H]1CNCCN1. The highest BCUT2D eigenvalue weighted by atomic mass is 19.1. The molecule has 0 aromatic rings. The molecule has 0 amide bonds. The maximum absolute atomic E-state index is 11.8. The van der Waals surface area contributed by atoms with E-state index in [1.807, 2.05) is 0 Å². The van der Waals surface area contributed by atoms with Crippen LogP contribution in [0, 0.1) is 0 Å². The number of hydrogen-bond donors (Lipinski definition) is 2. The average molecular weight is 118 g/mol. The first-order valence-electron chi connectivity index (χ1n) is 2.93. The fraction of sp³-hybridized carbons (Fsp3) is 1.00. The first kappa shape index (κ1) is 5.98. The van der Waals surface area contributed by atoms with Crippen molar-refractivity contribution in [2.75, 3.05) is 26.3 Å². The van der Waals surface area contributed by atoms with Crippen LogP contribution in [-0.2, 0) is 0 Å². The molecule has 0 radical (unpaired) electrons. The molecule has 0 spiro atoms. The minimum Gasteiger partial charge on any atom is -0.314 e. The number of alkyl halides is 1. The molecule has 0 saturated carbocycles. The van der Waals surface area contributed by atoms with E-state index in [1.165, 1.54) is 0 Å². The third kappa shape index (κ3) is 1.42. The van der Waals surface area contributed by atoms with E-state index in [2.05, 4.69) is 10.6 Å². The van der Waals surface area contributed by atoms with Crippen LogP contribution in [0.1, 0.15) is 0 Å². The van der Waals surface area contributed by atoms with E-state index >= 15 is 0 Å². The zero-order chi connectivity index (χ0) is 5.82. The molecule has 1 aliphatic heterocycles. The van der Waals surface area contributed by atoms with Crippen molar-refractivity contribution in [1.29, 1.82) is 0 Å². The Balaban J connectivity index is 2.13. The summed E-state index contributed by atoms with van der Waals surface area (Å²) in [6, 6.07) is 0.0590. The molecule has 0 aromatic carbocycles. The summed E-state index contributed by atoms with van der Waals surface area (Å²) in [5.41, 5.74) is 0. The average Bonchev–Trinajstić information content (AvgIpc) is 1.90. The lowest BCUT2D eigenvalue weighted by atomic mass is 10.3. The van der Waals surface area contributed by atoms with Gasteiger partial charge in [0.1, 0.15) is 6.67 Å². The molecule has 8 heavy (non-hydrogen) atoms. The Labute approximate surface area is 48.5 Å². The molecule has 48 valence electrons. The van der Waals surface area contributed by atoms with Crippen LogP contribution in [0.4, 0.5) is 4.39 Å². The van der Waals surface area contributed by atoms with Crippen LogP contribution in [0.2, 0.25) is 0 Å². The van der Waals surface area contributed by atoms with Gasteiger partial charge in [-0.25, -0.2) is 4.39 Å². The first-order chi connectivity index (χ1) is 3.93. The minimum atomic E-state index is -0.257. The van der Waals surface area contributed by atoms with Gasteiger partial charge in [-0.3, -0.25) is 0 Å². The molecule has 0 aromatic heterocycles. The monoisotopic (exact) mass is 118 g/mol. The van der Waals surface area contributed by atoms with Crippen LogP contribution >= 0.6 is 0 Å². The maximum Gasteiger partial charge on any atom is 0.106 e. The first-order valence-corrected chi connectivity index (χ1v) is 2.93. The summed E-state index contributed by atoms with van der Waals surface area (Å²) in [7, 11) is 0. The van der Waals surface area contributed by atoms with Crippen LogP contribution in [0.15, 0.2) is 0 Å². The van der Waals surface area contributed by atoms with Gasteiger partial charge >= 0.3 is 0 Å². The second-order valence-electron chi connectivity index (χ2n) is 2.01. The lowest BCUT2D eigenvalue weighted by Gasteiger charge is -2.21. The molecule has 1 saturated heterocycles. The van der Waals surface area contributed by atoms with Crippen molar-refractivity contribution < 1.29 is 4.39 Å². The van der Waals surface area contributed by atoms with Crippen molar-refractivity contribution in [1.82, 2.24) is 10.6 Å². The summed E-state index contributed by atoms with van der Waals surface area (Å²) in [5, 5.41) is 6.11. The normalized spacial score (nSPS) is 30.4. The van der Waals surface area contributed by atoms with E-state index in [-0.39, 0.29) is 12.7 Å². The Bertz CT molecular complexity index is 61.4. The molecule has 0 aliphatic carbocycles. The molecular formula is C5H11FN2. The maximum atomic E-state index is 11.8. The molecule has 1 aliphatic rings. The highest BCUT2D eigenvalue weighted by Crippen LogP contribution is 1.85. The van der Waals surface area contributed by atoms with Crippen molar-refractivity contribution in [2.24, 2.45) is 0 Å². The van der Waals surface area contributed by atoms with Crippen LogP contribution in [-0.4, -0.2) is 32.4 Å². The van der Waals surface area contributed by atoms with E-state index in [9.17, 15) is 4.39 Å². The van der Waals surface area contributed by atoms with E-state index in [0.29, 0.717) is 0 Å². The molecule has 0 unspecified atom stereocenters. The second-order valence-corrected chi connectivity index (χ2v) is 2.01. The van der Waals surface area contributed by atoms with Gasteiger partial charge in [-0.15, -0.1) is 0 Å². The summed E-state index contributed by atoms with van der Waals surface area (Å²) in [6.07, 6.45) is 0. The van der Waals surface area contributed by atoms with Crippen LogP contribution in [0.5, 0.6) is 0 Å². The molecule has 1 atom stereocenters. The van der Waals surface area contributed by atoms with Crippen molar-refractivity contribution in [3.8, 4) is 0 Å². The number of rotatable bonds is 1. The fourth-order valence-corrected chi connectivity index (χ4v) is 0.822. The van der Waals surface area contributed by atoms with Gasteiger partial charge in [-0.1, -0.05) is 0 Å². The van der Waals surface area contributed by atoms with E-state index in [4.69, 9.17) is 0 Å². The predicted molar refractivity (Wildman–Crippen MR) is 30.6 cm³/mol. The molecule has 2 nitrogen and oxygen atoms in total. The zero-order valence-electron chi connectivity index (χ0n) is 4.78. The zero-order valence-corrected chi connectivity index (χ0v) is 4.78. The summed E-state index contributed by atoms with van der Waals surface area (Å²) >= 11 is 0. The highest BCUT2D eigenvalue weighted by molar-refractivity contribution is 4.73. The van der Waals surface area contributed by atoms with Crippen LogP contribution in [0.25, 0.3) is 0 Å². The van der Waals surface area contributed by atoms with E-state index in [0.717, 1.165) is 19.6 Å². The van der Waals surface area contributed by atoms with Gasteiger partial charge in [-0.05, 0) is 0 Å². The number of halogens is 1. The largest absolute Gasteiger partial charge is 0.314 e. The van der Waals surface area contributed by atoms with Gasteiger partial charge in [-0.2, -0.15) is 0 Å². The Kier molecular flexibility index (Phi) is 2.24. The Morgan fingerprint density at radius 1 is 1.50 bits per heavy atom. The summed E-state index contributed by atoms with van der Waals surface area (Å²) in [5.74, 6) is 0. The van der Waals surface area contributed by atoms with Gasteiger partial charge in [0.15, 0.2) is 0 Å². The lowest BCUT2D eigenvalue weighted by molar-refractivity contribution is 0.333. The molecule has 0 bridgehead atoms. The standard InChI is InChI=1S/C5H11FN2/c6-3-5-4-7-1-2-8-5/h5,7-8H,1-4H2/t5-/m1/s1. The highest BCUT2D eigenvalue weighted by Gasteiger charge is 2.09. The fourth-order valence-electron chi connectivity index (χ4n) is 0.822. The predicted octanol–water partition coefficient (Wildman–Crippen LogP) is -0.483. The second kappa shape index (κ2) is 2.99. The van der Waals surface area contributed by atoms with E-state index in [1.54, 1.807) is 0 Å². The third-order valence-corrected chi connectivity index (χ3v) is 1.31. The van der Waals surface area contributed by atoms with Crippen molar-refractivity contribution in [2.45, 2.75) is 6.04 Å². The Hall–Kier alpha value is -0.150. The van der Waals surface area contributed by atoms with E-state index < -0.39 is 0 Å². The topological polar surface area (TPSA) is 24.1 Å². The minimum absolute atomic E-state index is 0.0590. The molecule has 1 rings (SSSR count). The number of hydrogen-bond acceptors (Lipinski definition) is 2. The van der Waals surface area contributed by atoms with Gasteiger partial charge < -0.3 is 10.6 Å². The molecule has 2 N–H and O–H groups in total. The van der Waals surface area contributed by atoms with Crippen molar-refractivity contribution in [3.63, 3.8) is 0 Å². The number of piperazine rings is 1. The summed E-state index contributed by atoms with van der Waals surface area (Å²) < 4.78 is 11.8. The lowest BCUT2D eigenvalue weighted by Crippen LogP contribution is -2.49. The smallest absolute Gasteiger partial charge is 0.106 e. The van der Waals surface area contributed by atoms with Crippen molar-refractivity contribution >= 4 is 0 Å². The summed E-state index contributed by atoms with van der Waals surface area (Å²) in [4.78, 5) is 0. The Morgan fingerprint density at radius 2 is 2.38 bits per heavy atom. The van der Waals surface area contributed by atoms with Gasteiger partial charge in [0.2, 0.25) is 0 Å². The molecular weight excluding hydrogens is 107 g/mol. The van der Waals surface area contributed by atoms with Crippen LogP contribution < -0.4 is 10.6 Å². The molecule has 3 heteroatoms. The van der Waals surface area contributed by atoms with Gasteiger partial charge in [0.05, 0.1) is 0 Å². The molecule has 1 heterocycles. The van der Waals surface area contributed by atoms with Crippen LogP contribution in [0.3, 0.4) is 0 Å². The quantitative estimate of drug-likeness (QED) is 0.486.